The standard InChI is InChI=1S/C16H14BrClN2O2/c1-10-2-7-13(8-14(10)17)20-16(22)15(21)19-9-11-3-5-12(18)6-4-11/h2-8H,9H2,1H3,(H,19,21)(H,20,22). The molecule has 2 aromatic rings. The molecule has 0 saturated carbocycles. The van der Waals surface area contributed by atoms with E-state index in [1.165, 1.54) is 0 Å². The van der Waals surface area contributed by atoms with Crippen LogP contribution in [0.15, 0.2) is 46.9 Å². The van der Waals surface area contributed by atoms with Crippen molar-refractivity contribution >= 4 is 45.0 Å². The molecule has 114 valence electrons. The highest BCUT2D eigenvalue weighted by Crippen LogP contribution is 2.20. The third-order valence-electron chi connectivity index (χ3n) is 3.00. The van der Waals surface area contributed by atoms with Crippen molar-refractivity contribution in [3.8, 4) is 0 Å². The van der Waals surface area contributed by atoms with Gasteiger partial charge in [-0.3, -0.25) is 9.59 Å². The van der Waals surface area contributed by atoms with Crippen LogP contribution in [0.4, 0.5) is 5.69 Å². The lowest BCUT2D eigenvalue weighted by atomic mass is 10.2. The van der Waals surface area contributed by atoms with Crippen molar-refractivity contribution in [1.29, 1.82) is 0 Å². The van der Waals surface area contributed by atoms with E-state index < -0.39 is 11.8 Å². The molecule has 0 bridgehead atoms. The Morgan fingerprint density at radius 3 is 2.41 bits per heavy atom. The van der Waals surface area contributed by atoms with Crippen molar-refractivity contribution in [1.82, 2.24) is 5.32 Å². The van der Waals surface area contributed by atoms with Gasteiger partial charge in [-0.2, -0.15) is 0 Å². The predicted molar refractivity (Wildman–Crippen MR) is 90.8 cm³/mol. The van der Waals surface area contributed by atoms with Gasteiger partial charge in [-0.05, 0) is 42.3 Å². The Balaban J connectivity index is 1.90. The van der Waals surface area contributed by atoms with Crippen LogP contribution < -0.4 is 10.6 Å². The molecule has 0 aromatic heterocycles. The number of nitrogens with one attached hydrogen (secondary N) is 2. The van der Waals surface area contributed by atoms with Gasteiger partial charge >= 0.3 is 11.8 Å². The number of carbonyl (C=O) groups is 2. The maximum Gasteiger partial charge on any atom is 0.313 e. The van der Waals surface area contributed by atoms with E-state index in [0.29, 0.717) is 10.7 Å². The minimum Gasteiger partial charge on any atom is -0.344 e. The Labute approximate surface area is 142 Å². The molecular weight excluding hydrogens is 368 g/mol. The molecule has 4 nitrogen and oxygen atoms in total. The number of carbonyl (C=O) groups excluding carboxylic acids is 2. The van der Waals surface area contributed by atoms with Crippen LogP contribution in [0, 0.1) is 6.92 Å². The Morgan fingerprint density at radius 2 is 1.77 bits per heavy atom. The molecular formula is C16H14BrClN2O2. The fourth-order valence-corrected chi connectivity index (χ4v) is 2.23. The topological polar surface area (TPSA) is 58.2 Å². The average molecular weight is 382 g/mol. The number of hydrogen-bond donors (Lipinski definition) is 2. The number of anilines is 1. The van der Waals surface area contributed by atoms with E-state index in [2.05, 4.69) is 26.6 Å². The van der Waals surface area contributed by atoms with Gasteiger partial charge in [0, 0.05) is 21.7 Å². The number of benzene rings is 2. The molecule has 0 aliphatic carbocycles. The molecule has 6 heteroatoms. The number of halogens is 2. The molecule has 2 amide bonds. The lowest BCUT2D eigenvalue weighted by Crippen LogP contribution is -2.34. The van der Waals surface area contributed by atoms with Gasteiger partial charge in [-0.15, -0.1) is 0 Å². The lowest BCUT2D eigenvalue weighted by Gasteiger charge is -2.08. The van der Waals surface area contributed by atoms with Gasteiger partial charge in [0.2, 0.25) is 0 Å². The van der Waals surface area contributed by atoms with Crippen LogP contribution in [0.1, 0.15) is 11.1 Å². The molecule has 2 rings (SSSR count). The van der Waals surface area contributed by atoms with E-state index in [0.717, 1.165) is 15.6 Å². The van der Waals surface area contributed by atoms with Crippen molar-refractivity contribution in [3.05, 3.63) is 63.1 Å². The fourth-order valence-electron chi connectivity index (χ4n) is 1.72. The van der Waals surface area contributed by atoms with Gasteiger partial charge in [0.25, 0.3) is 0 Å². The van der Waals surface area contributed by atoms with E-state index in [1.54, 1.807) is 36.4 Å². The van der Waals surface area contributed by atoms with Crippen LogP contribution in [-0.2, 0) is 16.1 Å². The third kappa shape index (κ3) is 4.58. The predicted octanol–water partition coefficient (Wildman–Crippen LogP) is 3.67. The first-order chi connectivity index (χ1) is 10.5. The first-order valence-electron chi connectivity index (χ1n) is 6.55. The molecule has 2 N–H and O–H groups in total. The van der Waals surface area contributed by atoms with Gasteiger partial charge in [0.05, 0.1) is 0 Å². The molecule has 0 unspecified atom stereocenters. The van der Waals surface area contributed by atoms with Crippen LogP contribution in [0.5, 0.6) is 0 Å². The normalized spacial score (nSPS) is 10.1. The maximum absolute atomic E-state index is 11.8. The number of rotatable bonds is 3. The highest BCUT2D eigenvalue weighted by atomic mass is 79.9. The summed E-state index contributed by atoms with van der Waals surface area (Å²) in [4.78, 5) is 23.6. The molecule has 0 saturated heterocycles. The van der Waals surface area contributed by atoms with Crippen LogP contribution in [0.25, 0.3) is 0 Å². The van der Waals surface area contributed by atoms with Crippen molar-refractivity contribution in [2.45, 2.75) is 13.5 Å². The van der Waals surface area contributed by atoms with Gasteiger partial charge in [0.1, 0.15) is 0 Å². The van der Waals surface area contributed by atoms with Crippen molar-refractivity contribution in [2.75, 3.05) is 5.32 Å². The Morgan fingerprint density at radius 1 is 1.09 bits per heavy atom. The summed E-state index contributed by atoms with van der Waals surface area (Å²) >= 11 is 9.16. The van der Waals surface area contributed by atoms with Gasteiger partial charge in [-0.25, -0.2) is 0 Å². The molecule has 0 aliphatic rings. The van der Waals surface area contributed by atoms with Gasteiger partial charge < -0.3 is 10.6 Å². The molecule has 0 atom stereocenters. The van der Waals surface area contributed by atoms with E-state index in [4.69, 9.17) is 11.6 Å². The summed E-state index contributed by atoms with van der Waals surface area (Å²) < 4.78 is 0.867. The summed E-state index contributed by atoms with van der Waals surface area (Å²) in [6, 6.07) is 12.4. The van der Waals surface area contributed by atoms with Crippen LogP contribution in [0.2, 0.25) is 5.02 Å². The molecule has 0 spiro atoms. The van der Waals surface area contributed by atoms with E-state index >= 15 is 0 Å². The third-order valence-corrected chi connectivity index (χ3v) is 4.11. The number of hydrogen-bond acceptors (Lipinski definition) is 2. The van der Waals surface area contributed by atoms with Gasteiger partial charge in [0.15, 0.2) is 0 Å². The zero-order valence-corrected chi connectivity index (χ0v) is 14.2. The Hall–Kier alpha value is -1.85. The second-order valence-corrected chi connectivity index (χ2v) is 6.02. The molecule has 22 heavy (non-hydrogen) atoms. The molecule has 0 heterocycles. The smallest absolute Gasteiger partial charge is 0.313 e. The Kier molecular flexibility index (Phi) is 5.57. The lowest BCUT2D eigenvalue weighted by molar-refractivity contribution is -0.136. The quantitative estimate of drug-likeness (QED) is 0.797. The van der Waals surface area contributed by atoms with E-state index in [9.17, 15) is 9.59 Å². The monoisotopic (exact) mass is 380 g/mol. The highest BCUT2D eigenvalue weighted by molar-refractivity contribution is 9.10. The van der Waals surface area contributed by atoms with Crippen molar-refractivity contribution < 1.29 is 9.59 Å². The molecule has 0 aliphatic heterocycles. The van der Waals surface area contributed by atoms with Crippen LogP contribution >= 0.6 is 27.5 Å². The zero-order chi connectivity index (χ0) is 16.1. The summed E-state index contributed by atoms with van der Waals surface area (Å²) in [6.07, 6.45) is 0. The summed E-state index contributed by atoms with van der Waals surface area (Å²) in [5, 5.41) is 5.73. The largest absolute Gasteiger partial charge is 0.344 e. The second kappa shape index (κ2) is 7.42. The Bertz CT molecular complexity index is 702. The van der Waals surface area contributed by atoms with Crippen LogP contribution in [0.3, 0.4) is 0 Å². The fraction of sp³-hybridized carbons (Fsp3) is 0.125. The van der Waals surface area contributed by atoms with E-state index in [1.807, 2.05) is 13.0 Å². The molecule has 0 radical (unpaired) electrons. The van der Waals surface area contributed by atoms with E-state index in [-0.39, 0.29) is 6.54 Å². The minimum atomic E-state index is -0.704. The second-order valence-electron chi connectivity index (χ2n) is 4.73. The van der Waals surface area contributed by atoms with Crippen LogP contribution in [-0.4, -0.2) is 11.8 Å². The zero-order valence-electron chi connectivity index (χ0n) is 11.8. The first kappa shape index (κ1) is 16.5. The first-order valence-corrected chi connectivity index (χ1v) is 7.72. The van der Waals surface area contributed by atoms with Crippen molar-refractivity contribution in [3.63, 3.8) is 0 Å². The van der Waals surface area contributed by atoms with Crippen molar-refractivity contribution in [2.24, 2.45) is 0 Å². The number of amides is 2. The summed E-state index contributed by atoms with van der Waals surface area (Å²) in [5.41, 5.74) is 2.47. The summed E-state index contributed by atoms with van der Waals surface area (Å²) in [6.45, 7) is 2.20. The minimum absolute atomic E-state index is 0.265. The number of aryl methyl sites for hydroxylation is 1. The maximum atomic E-state index is 11.8. The SMILES string of the molecule is Cc1ccc(NC(=O)C(=O)NCc2ccc(Cl)cc2)cc1Br. The van der Waals surface area contributed by atoms with Gasteiger partial charge in [-0.1, -0.05) is 45.7 Å². The molecule has 2 aromatic carbocycles. The summed E-state index contributed by atoms with van der Waals surface area (Å²) in [5.74, 6) is -1.39. The molecule has 0 fully saturated rings. The average Bonchev–Trinajstić information content (AvgIpc) is 2.50. The highest BCUT2D eigenvalue weighted by Gasteiger charge is 2.13. The summed E-state index contributed by atoms with van der Waals surface area (Å²) in [7, 11) is 0.